The van der Waals surface area contributed by atoms with E-state index in [4.69, 9.17) is 14.2 Å². The maximum atomic E-state index is 12.4. The van der Waals surface area contributed by atoms with Crippen LogP contribution in [-0.4, -0.2) is 32.3 Å². The summed E-state index contributed by atoms with van der Waals surface area (Å²) in [4.78, 5) is 12.4. The van der Waals surface area contributed by atoms with Crippen molar-refractivity contribution in [2.45, 2.75) is 39.2 Å². The zero-order valence-electron chi connectivity index (χ0n) is 16.4. The largest absolute Gasteiger partial charge is 0.493 e. The van der Waals surface area contributed by atoms with Crippen LogP contribution in [0.3, 0.4) is 0 Å². The second-order valence-electron chi connectivity index (χ2n) is 6.20. The van der Waals surface area contributed by atoms with Crippen LogP contribution in [0.5, 0.6) is 17.2 Å². The van der Waals surface area contributed by atoms with E-state index < -0.39 is 6.10 Å². The molecule has 2 aromatic carbocycles. The zero-order valence-corrected chi connectivity index (χ0v) is 16.4. The molecule has 5 nitrogen and oxygen atoms in total. The third-order valence-corrected chi connectivity index (χ3v) is 4.13. The lowest BCUT2D eigenvalue weighted by Gasteiger charge is -2.19. The number of para-hydroxylation sites is 2. The highest BCUT2D eigenvalue weighted by Crippen LogP contribution is 2.27. The summed E-state index contributed by atoms with van der Waals surface area (Å²) in [5.41, 5.74) is 1.30. The van der Waals surface area contributed by atoms with Crippen molar-refractivity contribution in [2.24, 2.45) is 0 Å². The molecule has 0 radical (unpaired) electrons. The molecule has 5 heteroatoms. The van der Waals surface area contributed by atoms with Crippen molar-refractivity contribution in [3.8, 4) is 17.2 Å². The van der Waals surface area contributed by atoms with Gasteiger partial charge >= 0.3 is 0 Å². The van der Waals surface area contributed by atoms with E-state index >= 15 is 0 Å². The van der Waals surface area contributed by atoms with E-state index in [1.54, 1.807) is 19.2 Å². The number of hydrogen-bond acceptors (Lipinski definition) is 4. The molecule has 0 saturated carbocycles. The molecule has 1 unspecified atom stereocenters. The Bertz CT molecular complexity index is 700. The monoisotopic (exact) mass is 371 g/mol. The summed E-state index contributed by atoms with van der Waals surface area (Å²) in [6, 6.07) is 15.4. The van der Waals surface area contributed by atoms with Crippen LogP contribution >= 0.6 is 0 Å². The Balaban J connectivity index is 1.77. The first kappa shape index (κ1) is 20.6. The predicted octanol–water partition coefficient (Wildman–Crippen LogP) is 4.00. The Labute approximate surface area is 161 Å². The number of hydrogen-bond donors (Lipinski definition) is 1. The summed E-state index contributed by atoms with van der Waals surface area (Å²) in [7, 11) is 1.58. The first-order valence-corrected chi connectivity index (χ1v) is 9.47. The van der Waals surface area contributed by atoms with Crippen LogP contribution in [0.15, 0.2) is 48.5 Å². The highest BCUT2D eigenvalue weighted by atomic mass is 16.5. The van der Waals surface area contributed by atoms with E-state index in [-0.39, 0.29) is 5.91 Å². The Kier molecular flexibility index (Phi) is 8.49. The highest BCUT2D eigenvalue weighted by molar-refractivity contribution is 5.81. The molecule has 0 aliphatic rings. The lowest BCUT2D eigenvalue weighted by Crippen LogP contribution is -2.39. The number of rotatable bonds is 11. The van der Waals surface area contributed by atoms with Crippen LogP contribution in [0.25, 0.3) is 0 Å². The Morgan fingerprint density at radius 2 is 1.74 bits per heavy atom. The topological polar surface area (TPSA) is 56.8 Å². The Morgan fingerprint density at radius 3 is 2.37 bits per heavy atom. The molecular weight excluding hydrogens is 342 g/mol. The van der Waals surface area contributed by atoms with E-state index in [0.29, 0.717) is 31.1 Å². The molecule has 146 valence electrons. The Hall–Kier alpha value is -2.69. The number of benzene rings is 2. The summed E-state index contributed by atoms with van der Waals surface area (Å²) in [5, 5.41) is 2.86. The molecule has 1 atom stereocenters. The number of ether oxygens (including phenoxy) is 3. The van der Waals surface area contributed by atoms with Crippen LogP contribution in [-0.2, 0) is 11.2 Å². The molecule has 2 rings (SSSR count). The number of methoxy groups -OCH3 is 1. The van der Waals surface area contributed by atoms with Crippen molar-refractivity contribution < 1.29 is 19.0 Å². The van der Waals surface area contributed by atoms with Gasteiger partial charge in [-0.15, -0.1) is 0 Å². The molecule has 1 amide bonds. The van der Waals surface area contributed by atoms with Gasteiger partial charge in [0.05, 0.1) is 13.7 Å². The number of nitrogens with one attached hydrogen (secondary N) is 1. The molecule has 0 aliphatic carbocycles. The number of amides is 1. The SMILES string of the molecule is CCCc1ccc(OCCNC(=O)C(CC)Oc2ccccc2OC)cc1. The van der Waals surface area contributed by atoms with Crippen LogP contribution in [0.1, 0.15) is 32.3 Å². The fourth-order valence-electron chi connectivity index (χ4n) is 2.69. The summed E-state index contributed by atoms with van der Waals surface area (Å²) >= 11 is 0. The van der Waals surface area contributed by atoms with Gasteiger partial charge in [0.2, 0.25) is 0 Å². The molecule has 0 aliphatic heterocycles. The standard InChI is InChI=1S/C22H29NO4/c1-4-8-17-11-13-18(14-12-17)26-16-15-23-22(24)19(5-2)27-21-10-7-6-9-20(21)25-3/h6-7,9-14,19H,4-5,8,15-16H2,1-3H3,(H,23,24). The minimum atomic E-state index is -0.574. The van der Waals surface area contributed by atoms with Crippen LogP contribution in [0, 0.1) is 0 Å². The molecule has 1 N–H and O–H groups in total. The van der Waals surface area contributed by atoms with Crippen molar-refractivity contribution in [1.29, 1.82) is 0 Å². The van der Waals surface area contributed by atoms with E-state index in [9.17, 15) is 4.79 Å². The lowest BCUT2D eigenvalue weighted by molar-refractivity contribution is -0.128. The number of aryl methyl sites for hydroxylation is 1. The van der Waals surface area contributed by atoms with Gasteiger partial charge in [-0.05, 0) is 42.7 Å². The molecule has 0 bridgehead atoms. The lowest BCUT2D eigenvalue weighted by atomic mass is 10.1. The fourth-order valence-corrected chi connectivity index (χ4v) is 2.69. The summed E-state index contributed by atoms with van der Waals surface area (Å²) in [6.07, 6.45) is 2.18. The molecule has 0 spiro atoms. The summed E-state index contributed by atoms with van der Waals surface area (Å²) in [5.74, 6) is 1.82. The van der Waals surface area contributed by atoms with Gasteiger partial charge in [-0.25, -0.2) is 0 Å². The van der Waals surface area contributed by atoms with Gasteiger partial charge in [-0.2, -0.15) is 0 Å². The van der Waals surface area contributed by atoms with Gasteiger partial charge in [-0.3, -0.25) is 4.79 Å². The van der Waals surface area contributed by atoms with Gasteiger partial charge in [0, 0.05) is 0 Å². The van der Waals surface area contributed by atoms with Gasteiger partial charge in [0.1, 0.15) is 12.4 Å². The first-order valence-electron chi connectivity index (χ1n) is 9.47. The quantitative estimate of drug-likeness (QED) is 0.607. The van der Waals surface area contributed by atoms with Gasteiger partial charge in [0.25, 0.3) is 5.91 Å². The number of carbonyl (C=O) groups excluding carboxylic acids is 1. The van der Waals surface area contributed by atoms with Crippen molar-refractivity contribution in [3.63, 3.8) is 0 Å². The number of carbonyl (C=O) groups is 1. The third-order valence-electron chi connectivity index (χ3n) is 4.13. The molecule has 0 aromatic heterocycles. The minimum Gasteiger partial charge on any atom is -0.493 e. The third kappa shape index (κ3) is 6.51. The zero-order chi connectivity index (χ0) is 19.5. The van der Waals surface area contributed by atoms with Crippen LogP contribution in [0.2, 0.25) is 0 Å². The molecule has 27 heavy (non-hydrogen) atoms. The second-order valence-corrected chi connectivity index (χ2v) is 6.20. The maximum absolute atomic E-state index is 12.4. The van der Waals surface area contributed by atoms with Crippen molar-refractivity contribution >= 4 is 5.91 Å². The van der Waals surface area contributed by atoms with Gasteiger partial charge in [-0.1, -0.05) is 44.5 Å². The van der Waals surface area contributed by atoms with Gasteiger partial charge in [0.15, 0.2) is 17.6 Å². The predicted molar refractivity (Wildman–Crippen MR) is 107 cm³/mol. The smallest absolute Gasteiger partial charge is 0.261 e. The van der Waals surface area contributed by atoms with E-state index in [2.05, 4.69) is 24.4 Å². The highest BCUT2D eigenvalue weighted by Gasteiger charge is 2.19. The van der Waals surface area contributed by atoms with Crippen molar-refractivity contribution in [2.75, 3.05) is 20.3 Å². The average Bonchev–Trinajstić information content (AvgIpc) is 2.71. The van der Waals surface area contributed by atoms with E-state index in [1.165, 1.54) is 5.56 Å². The molecule has 0 fully saturated rings. The summed E-state index contributed by atoms with van der Waals surface area (Å²) in [6.45, 7) is 4.90. The van der Waals surface area contributed by atoms with Crippen LogP contribution < -0.4 is 19.5 Å². The van der Waals surface area contributed by atoms with E-state index in [0.717, 1.165) is 18.6 Å². The molecular formula is C22H29NO4. The summed E-state index contributed by atoms with van der Waals surface area (Å²) < 4.78 is 16.8. The van der Waals surface area contributed by atoms with Gasteiger partial charge < -0.3 is 19.5 Å². The maximum Gasteiger partial charge on any atom is 0.261 e. The first-order chi connectivity index (χ1) is 13.2. The minimum absolute atomic E-state index is 0.162. The molecule has 0 heterocycles. The Morgan fingerprint density at radius 1 is 1.04 bits per heavy atom. The molecule has 2 aromatic rings. The van der Waals surface area contributed by atoms with Crippen molar-refractivity contribution in [1.82, 2.24) is 5.32 Å². The van der Waals surface area contributed by atoms with Crippen LogP contribution in [0.4, 0.5) is 0 Å². The normalized spacial score (nSPS) is 11.5. The average molecular weight is 371 g/mol. The second kappa shape index (κ2) is 11.1. The molecule has 0 saturated heterocycles. The fraction of sp³-hybridized carbons (Fsp3) is 0.409. The van der Waals surface area contributed by atoms with Crippen molar-refractivity contribution in [3.05, 3.63) is 54.1 Å². The van der Waals surface area contributed by atoms with E-state index in [1.807, 2.05) is 31.2 Å².